The highest BCUT2D eigenvalue weighted by Crippen LogP contribution is 2.21. The van der Waals surface area contributed by atoms with Crippen molar-refractivity contribution in [3.05, 3.63) is 41.3 Å². The first kappa shape index (κ1) is 17.6. The highest BCUT2D eigenvalue weighted by atomic mass is 32.2. The lowest BCUT2D eigenvalue weighted by molar-refractivity contribution is 0.378. The zero-order valence-electron chi connectivity index (χ0n) is 14.5. The van der Waals surface area contributed by atoms with Crippen LogP contribution in [-0.4, -0.2) is 30.7 Å². The Hall–Kier alpha value is -2.22. The van der Waals surface area contributed by atoms with Gasteiger partial charge in [0.05, 0.1) is 0 Å². The predicted octanol–water partition coefficient (Wildman–Crippen LogP) is 3.83. The van der Waals surface area contributed by atoms with Crippen LogP contribution in [0.1, 0.15) is 30.6 Å². The molecule has 0 bridgehead atoms. The minimum atomic E-state index is -0.268. The highest BCUT2D eigenvalue weighted by Gasteiger charge is 2.11. The van der Waals surface area contributed by atoms with Gasteiger partial charge in [-0.1, -0.05) is 29.1 Å². The van der Waals surface area contributed by atoms with E-state index in [0.717, 1.165) is 29.7 Å². The monoisotopic (exact) mass is 361 g/mol. The Morgan fingerprint density at radius 1 is 1.24 bits per heavy atom. The molecule has 8 heteroatoms. The topological polar surface area (TPSA) is 69.6 Å². The zero-order valence-corrected chi connectivity index (χ0v) is 15.3. The van der Waals surface area contributed by atoms with E-state index >= 15 is 0 Å². The third-order valence-electron chi connectivity index (χ3n) is 3.88. The van der Waals surface area contributed by atoms with E-state index in [1.165, 1.54) is 6.07 Å². The largest absolute Gasteiger partial charge is 0.339 e. The van der Waals surface area contributed by atoms with Crippen molar-refractivity contribution >= 4 is 11.8 Å². The summed E-state index contributed by atoms with van der Waals surface area (Å²) in [6, 6.07) is 4.94. The molecule has 0 unspecified atom stereocenters. The summed E-state index contributed by atoms with van der Waals surface area (Å²) in [6.45, 7) is 6.61. The summed E-state index contributed by atoms with van der Waals surface area (Å²) in [5.41, 5.74) is 1.22. The molecule has 0 aliphatic heterocycles. The van der Waals surface area contributed by atoms with Gasteiger partial charge in [0, 0.05) is 24.3 Å². The predicted molar refractivity (Wildman–Crippen MR) is 93.9 cm³/mol. The molecular weight excluding hydrogens is 341 g/mol. The smallest absolute Gasteiger partial charge is 0.226 e. The zero-order chi connectivity index (χ0) is 17.8. The van der Waals surface area contributed by atoms with E-state index in [2.05, 4.69) is 31.8 Å². The van der Waals surface area contributed by atoms with E-state index in [0.29, 0.717) is 29.3 Å². The summed E-state index contributed by atoms with van der Waals surface area (Å²) in [7, 11) is 0. The number of rotatable bonds is 7. The average Bonchev–Trinajstić information content (AvgIpc) is 3.21. The normalized spacial score (nSPS) is 11.2. The van der Waals surface area contributed by atoms with E-state index in [1.807, 2.05) is 6.92 Å². The Kier molecular flexibility index (Phi) is 5.47. The number of hydrogen-bond acceptors (Lipinski definition) is 6. The van der Waals surface area contributed by atoms with Crippen molar-refractivity contribution in [3.63, 3.8) is 0 Å². The maximum Gasteiger partial charge on any atom is 0.226 e. The standard InChI is InChI=1S/C17H20FN5OS/c1-4-23-12(3)20-21-17(23)25-9-5-6-15-19-16(22-24-15)13-8-7-11(2)14(18)10-13/h7-8,10H,4-6,9H2,1-3H3. The maximum atomic E-state index is 13.6. The van der Waals surface area contributed by atoms with Crippen molar-refractivity contribution in [2.24, 2.45) is 0 Å². The molecule has 1 aromatic carbocycles. The number of aromatic nitrogens is 5. The second-order valence-electron chi connectivity index (χ2n) is 5.70. The highest BCUT2D eigenvalue weighted by molar-refractivity contribution is 7.99. The van der Waals surface area contributed by atoms with Crippen LogP contribution < -0.4 is 0 Å². The van der Waals surface area contributed by atoms with Crippen molar-refractivity contribution in [1.29, 1.82) is 0 Å². The van der Waals surface area contributed by atoms with E-state index < -0.39 is 0 Å². The van der Waals surface area contributed by atoms with Crippen molar-refractivity contribution in [2.75, 3.05) is 5.75 Å². The van der Waals surface area contributed by atoms with Gasteiger partial charge in [0.2, 0.25) is 11.7 Å². The van der Waals surface area contributed by atoms with Crippen LogP contribution in [0.3, 0.4) is 0 Å². The lowest BCUT2D eigenvalue weighted by Crippen LogP contribution is -1.99. The van der Waals surface area contributed by atoms with Crippen LogP contribution in [0.25, 0.3) is 11.4 Å². The maximum absolute atomic E-state index is 13.6. The number of nitrogens with zero attached hydrogens (tertiary/aromatic N) is 5. The fourth-order valence-electron chi connectivity index (χ4n) is 2.42. The summed E-state index contributed by atoms with van der Waals surface area (Å²) in [6.07, 6.45) is 1.55. The second-order valence-corrected chi connectivity index (χ2v) is 6.76. The first-order valence-electron chi connectivity index (χ1n) is 8.20. The van der Waals surface area contributed by atoms with Gasteiger partial charge < -0.3 is 9.09 Å². The lowest BCUT2D eigenvalue weighted by atomic mass is 10.1. The molecule has 2 aromatic heterocycles. The molecule has 25 heavy (non-hydrogen) atoms. The van der Waals surface area contributed by atoms with Crippen LogP contribution in [-0.2, 0) is 13.0 Å². The molecule has 0 spiro atoms. The molecule has 0 atom stereocenters. The molecule has 3 rings (SSSR count). The van der Waals surface area contributed by atoms with Crippen LogP contribution in [0.15, 0.2) is 27.9 Å². The van der Waals surface area contributed by atoms with Gasteiger partial charge in [-0.2, -0.15) is 4.98 Å². The minimum Gasteiger partial charge on any atom is -0.339 e. The SMILES string of the molecule is CCn1c(C)nnc1SCCCc1nc(-c2ccc(C)c(F)c2)no1. The Morgan fingerprint density at radius 3 is 2.84 bits per heavy atom. The number of benzene rings is 1. The quantitative estimate of drug-likeness (QED) is 0.470. The summed E-state index contributed by atoms with van der Waals surface area (Å²) in [5.74, 6) is 2.52. The van der Waals surface area contributed by atoms with Crippen LogP contribution >= 0.6 is 11.8 Å². The Bertz CT molecular complexity index is 861. The molecular formula is C17H20FN5OS. The van der Waals surface area contributed by atoms with Crippen LogP contribution in [0, 0.1) is 19.7 Å². The van der Waals surface area contributed by atoms with Gasteiger partial charge in [-0.15, -0.1) is 10.2 Å². The molecule has 0 N–H and O–H groups in total. The van der Waals surface area contributed by atoms with E-state index in [1.54, 1.807) is 30.8 Å². The van der Waals surface area contributed by atoms with Crippen LogP contribution in [0.4, 0.5) is 4.39 Å². The van der Waals surface area contributed by atoms with Gasteiger partial charge in [-0.3, -0.25) is 0 Å². The van der Waals surface area contributed by atoms with Gasteiger partial charge in [-0.25, -0.2) is 4.39 Å². The fraction of sp³-hybridized carbons (Fsp3) is 0.412. The van der Waals surface area contributed by atoms with Crippen molar-refractivity contribution < 1.29 is 8.91 Å². The van der Waals surface area contributed by atoms with Crippen molar-refractivity contribution in [3.8, 4) is 11.4 Å². The third kappa shape index (κ3) is 4.07. The van der Waals surface area contributed by atoms with Gasteiger partial charge in [0.1, 0.15) is 11.6 Å². The summed E-state index contributed by atoms with van der Waals surface area (Å²) < 4.78 is 21.0. The number of halogens is 1. The van der Waals surface area contributed by atoms with E-state index in [-0.39, 0.29) is 5.82 Å². The fourth-order valence-corrected chi connectivity index (χ4v) is 3.41. The first-order chi connectivity index (χ1) is 12.1. The van der Waals surface area contributed by atoms with Gasteiger partial charge >= 0.3 is 0 Å². The minimum absolute atomic E-state index is 0.268. The number of aryl methyl sites for hydroxylation is 3. The third-order valence-corrected chi connectivity index (χ3v) is 4.94. The lowest BCUT2D eigenvalue weighted by Gasteiger charge is -2.03. The Balaban J connectivity index is 1.54. The van der Waals surface area contributed by atoms with Gasteiger partial charge in [0.25, 0.3) is 0 Å². The molecule has 0 amide bonds. The second kappa shape index (κ2) is 7.77. The molecule has 3 aromatic rings. The first-order valence-corrected chi connectivity index (χ1v) is 9.18. The molecule has 0 saturated heterocycles. The molecule has 132 valence electrons. The molecule has 0 saturated carbocycles. The Morgan fingerprint density at radius 2 is 2.08 bits per heavy atom. The molecule has 0 aliphatic rings. The van der Waals surface area contributed by atoms with Gasteiger partial charge in [0.15, 0.2) is 5.16 Å². The van der Waals surface area contributed by atoms with Crippen molar-refractivity contribution in [1.82, 2.24) is 24.9 Å². The Labute approximate surface area is 149 Å². The average molecular weight is 361 g/mol. The van der Waals surface area contributed by atoms with E-state index in [9.17, 15) is 4.39 Å². The van der Waals surface area contributed by atoms with E-state index in [4.69, 9.17) is 4.52 Å². The molecule has 0 fully saturated rings. The van der Waals surface area contributed by atoms with Gasteiger partial charge in [-0.05, 0) is 38.8 Å². The number of thioether (sulfide) groups is 1. The molecule has 6 nitrogen and oxygen atoms in total. The molecule has 0 aliphatic carbocycles. The van der Waals surface area contributed by atoms with Crippen LogP contribution in [0.5, 0.6) is 0 Å². The number of hydrogen-bond donors (Lipinski definition) is 0. The van der Waals surface area contributed by atoms with Crippen LogP contribution in [0.2, 0.25) is 0 Å². The summed E-state index contributed by atoms with van der Waals surface area (Å²) >= 11 is 1.67. The molecule has 0 radical (unpaired) electrons. The molecule has 2 heterocycles. The summed E-state index contributed by atoms with van der Waals surface area (Å²) in [5, 5.41) is 13.1. The summed E-state index contributed by atoms with van der Waals surface area (Å²) in [4.78, 5) is 4.35. The van der Waals surface area contributed by atoms with Crippen molar-refractivity contribution in [2.45, 2.75) is 45.3 Å².